The van der Waals surface area contributed by atoms with E-state index in [1.165, 1.54) is 67.4 Å². The number of fused-ring (bicyclic) bond motifs is 1. The van der Waals surface area contributed by atoms with Crippen LogP contribution in [0.4, 0.5) is 5.00 Å². The maximum atomic E-state index is 6.35. The topological polar surface area (TPSA) is 56.7 Å². The molecule has 2 aromatic rings. The Morgan fingerprint density at radius 1 is 1.10 bits per heavy atom. The molecule has 4 rings (SSSR count). The average molecular weight is 302 g/mol. The van der Waals surface area contributed by atoms with Gasteiger partial charge in [-0.05, 0) is 44.1 Å². The van der Waals surface area contributed by atoms with Crippen LogP contribution in [0.5, 0.6) is 0 Å². The molecule has 2 heterocycles. The van der Waals surface area contributed by atoms with Crippen molar-refractivity contribution in [3.05, 3.63) is 16.8 Å². The highest BCUT2D eigenvalue weighted by Crippen LogP contribution is 2.43. The molecule has 0 unspecified atom stereocenters. The number of nitrogens with zero attached hydrogens (tertiary/aromatic N) is 3. The Hall–Kier alpha value is -1.36. The molecule has 0 atom stereocenters. The van der Waals surface area contributed by atoms with Crippen LogP contribution in [0.25, 0.3) is 11.4 Å². The summed E-state index contributed by atoms with van der Waals surface area (Å²) < 4.78 is 2.30. The second-order valence-electron chi connectivity index (χ2n) is 6.30. The lowest BCUT2D eigenvalue weighted by Gasteiger charge is -2.24. The van der Waals surface area contributed by atoms with Crippen LogP contribution >= 0.6 is 11.3 Å². The summed E-state index contributed by atoms with van der Waals surface area (Å²) in [5, 5.41) is 9.58. The van der Waals surface area contributed by atoms with E-state index in [9.17, 15) is 0 Å². The molecule has 2 aliphatic carbocycles. The van der Waals surface area contributed by atoms with E-state index in [1.807, 2.05) is 6.33 Å². The lowest BCUT2D eigenvalue weighted by molar-refractivity contribution is 0.355. The SMILES string of the molecule is Nc1sc2c(c1-c1nncn1C1CCCCC1)CCCC2. The van der Waals surface area contributed by atoms with Crippen molar-refractivity contribution in [2.24, 2.45) is 0 Å². The van der Waals surface area contributed by atoms with Gasteiger partial charge in [0.05, 0.1) is 10.6 Å². The van der Waals surface area contributed by atoms with Gasteiger partial charge in [-0.2, -0.15) is 0 Å². The zero-order valence-electron chi connectivity index (χ0n) is 12.3. The minimum Gasteiger partial charge on any atom is -0.390 e. The van der Waals surface area contributed by atoms with Gasteiger partial charge in [-0.15, -0.1) is 21.5 Å². The Labute approximate surface area is 129 Å². The highest BCUT2D eigenvalue weighted by Gasteiger charge is 2.26. The van der Waals surface area contributed by atoms with Gasteiger partial charge in [-0.25, -0.2) is 0 Å². The Morgan fingerprint density at radius 2 is 1.90 bits per heavy atom. The van der Waals surface area contributed by atoms with E-state index in [0.717, 1.165) is 17.2 Å². The van der Waals surface area contributed by atoms with Gasteiger partial charge < -0.3 is 10.3 Å². The smallest absolute Gasteiger partial charge is 0.167 e. The van der Waals surface area contributed by atoms with E-state index in [4.69, 9.17) is 5.73 Å². The molecular formula is C16H22N4S. The van der Waals surface area contributed by atoms with Gasteiger partial charge in [0.2, 0.25) is 0 Å². The number of anilines is 1. The molecular weight excluding hydrogens is 280 g/mol. The summed E-state index contributed by atoms with van der Waals surface area (Å²) in [7, 11) is 0. The maximum absolute atomic E-state index is 6.35. The number of rotatable bonds is 2. The van der Waals surface area contributed by atoms with Crippen LogP contribution in [0.1, 0.15) is 61.4 Å². The number of aromatic nitrogens is 3. The molecule has 2 aromatic heterocycles. The molecule has 0 amide bonds. The number of hydrogen-bond acceptors (Lipinski definition) is 4. The highest BCUT2D eigenvalue weighted by atomic mass is 32.1. The van der Waals surface area contributed by atoms with E-state index >= 15 is 0 Å². The summed E-state index contributed by atoms with van der Waals surface area (Å²) in [4.78, 5) is 1.48. The minimum absolute atomic E-state index is 0.558. The number of thiophene rings is 1. The van der Waals surface area contributed by atoms with Gasteiger partial charge in [0, 0.05) is 10.9 Å². The molecule has 21 heavy (non-hydrogen) atoms. The van der Waals surface area contributed by atoms with Gasteiger partial charge in [0.25, 0.3) is 0 Å². The van der Waals surface area contributed by atoms with E-state index in [2.05, 4.69) is 14.8 Å². The lowest BCUT2D eigenvalue weighted by Crippen LogP contribution is -2.14. The molecule has 2 N–H and O–H groups in total. The largest absolute Gasteiger partial charge is 0.390 e. The molecule has 5 heteroatoms. The van der Waals surface area contributed by atoms with Gasteiger partial charge in [0.15, 0.2) is 5.82 Å². The lowest BCUT2D eigenvalue weighted by atomic mass is 9.93. The number of nitrogen functional groups attached to an aromatic ring is 1. The van der Waals surface area contributed by atoms with Crippen LogP contribution in [0.2, 0.25) is 0 Å². The first kappa shape index (κ1) is 13.3. The Kier molecular flexibility index (Phi) is 3.45. The second kappa shape index (κ2) is 5.44. The summed E-state index contributed by atoms with van der Waals surface area (Å²) in [5.41, 5.74) is 8.99. The van der Waals surface area contributed by atoms with Gasteiger partial charge in [-0.3, -0.25) is 0 Å². The second-order valence-corrected chi connectivity index (χ2v) is 7.44. The van der Waals surface area contributed by atoms with Gasteiger partial charge in [-0.1, -0.05) is 19.3 Å². The molecule has 0 aliphatic heterocycles. The normalized spacial score (nSPS) is 19.6. The van der Waals surface area contributed by atoms with Crippen molar-refractivity contribution in [2.45, 2.75) is 63.8 Å². The van der Waals surface area contributed by atoms with Crippen molar-refractivity contribution in [1.29, 1.82) is 0 Å². The quantitative estimate of drug-likeness (QED) is 0.913. The van der Waals surface area contributed by atoms with Crippen molar-refractivity contribution in [3.63, 3.8) is 0 Å². The van der Waals surface area contributed by atoms with Crippen LogP contribution < -0.4 is 5.73 Å². The van der Waals surface area contributed by atoms with E-state index in [0.29, 0.717) is 6.04 Å². The van der Waals surface area contributed by atoms with Crippen LogP contribution in [-0.2, 0) is 12.8 Å². The Morgan fingerprint density at radius 3 is 2.76 bits per heavy atom. The van der Waals surface area contributed by atoms with Crippen LogP contribution in [0.15, 0.2) is 6.33 Å². The molecule has 0 spiro atoms. The Bertz CT molecular complexity index is 637. The first-order chi connectivity index (χ1) is 10.3. The third-order valence-electron chi connectivity index (χ3n) is 4.96. The average Bonchev–Trinajstić information content (AvgIpc) is 3.11. The molecule has 4 nitrogen and oxygen atoms in total. The standard InChI is InChI=1S/C16H22N4S/c17-15-14(12-8-4-5-9-13(12)21-15)16-19-18-10-20(16)11-6-2-1-3-7-11/h10-11H,1-9,17H2. The molecule has 0 saturated heterocycles. The third kappa shape index (κ3) is 2.27. The first-order valence-electron chi connectivity index (χ1n) is 8.14. The summed E-state index contributed by atoms with van der Waals surface area (Å²) >= 11 is 1.77. The number of hydrogen-bond donors (Lipinski definition) is 1. The minimum atomic E-state index is 0.558. The summed E-state index contributed by atoms with van der Waals surface area (Å²) in [6.07, 6.45) is 13.3. The van der Waals surface area contributed by atoms with Crippen molar-refractivity contribution in [1.82, 2.24) is 14.8 Å². The van der Waals surface area contributed by atoms with E-state index in [1.54, 1.807) is 11.3 Å². The predicted octanol–water partition coefficient (Wildman–Crippen LogP) is 3.97. The first-order valence-corrected chi connectivity index (χ1v) is 8.96. The van der Waals surface area contributed by atoms with E-state index in [-0.39, 0.29) is 0 Å². The number of nitrogens with two attached hydrogens (primary N) is 1. The summed E-state index contributed by atoms with van der Waals surface area (Å²) in [6, 6.07) is 0.558. The maximum Gasteiger partial charge on any atom is 0.167 e. The fraction of sp³-hybridized carbons (Fsp3) is 0.625. The van der Waals surface area contributed by atoms with Crippen LogP contribution in [0, 0.1) is 0 Å². The molecule has 0 bridgehead atoms. The molecule has 1 fully saturated rings. The van der Waals surface area contributed by atoms with Crippen molar-refractivity contribution in [2.75, 3.05) is 5.73 Å². The number of aryl methyl sites for hydroxylation is 1. The van der Waals surface area contributed by atoms with Crippen LogP contribution in [0.3, 0.4) is 0 Å². The highest BCUT2D eigenvalue weighted by molar-refractivity contribution is 7.16. The summed E-state index contributed by atoms with van der Waals surface area (Å²) in [5.74, 6) is 1.01. The predicted molar refractivity (Wildman–Crippen MR) is 86.5 cm³/mol. The molecule has 0 aromatic carbocycles. The third-order valence-corrected chi connectivity index (χ3v) is 6.08. The fourth-order valence-electron chi connectivity index (χ4n) is 3.88. The van der Waals surface area contributed by atoms with E-state index < -0.39 is 0 Å². The van der Waals surface area contributed by atoms with Gasteiger partial charge >= 0.3 is 0 Å². The van der Waals surface area contributed by atoms with Crippen molar-refractivity contribution < 1.29 is 0 Å². The zero-order chi connectivity index (χ0) is 14.2. The zero-order valence-corrected chi connectivity index (χ0v) is 13.2. The molecule has 112 valence electrons. The fourth-order valence-corrected chi connectivity index (χ4v) is 5.04. The summed E-state index contributed by atoms with van der Waals surface area (Å²) in [6.45, 7) is 0. The van der Waals surface area contributed by atoms with Crippen molar-refractivity contribution >= 4 is 16.3 Å². The molecule has 1 saturated carbocycles. The Balaban J connectivity index is 1.77. The van der Waals surface area contributed by atoms with Crippen molar-refractivity contribution in [3.8, 4) is 11.4 Å². The van der Waals surface area contributed by atoms with Gasteiger partial charge in [0.1, 0.15) is 6.33 Å². The molecule has 2 aliphatic rings. The monoisotopic (exact) mass is 302 g/mol. The molecule has 0 radical (unpaired) electrons. The van der Waals surface area contributed by atoms with Crippen LogP contribution in [-0.4, -0.2) is 14.8 Å².